The molecule has 0 atom stereocenters. The molecule has 0 spiro atoms. The highest BCUT2D eigenvalue weighted by molar-refractivity contribution is 7.12. The molecular weight excluding hydrogens is 302 g/mol. The first-order chi connectivity index (χ1) is 10.7. The summed E-state index contributed by atoms with van der Waals surface area (Å²) in [6.07, 6.45) is 1.74. The van der Waals surface area contributed by atoms with Gasteiger partial charge in [-0.2, -0.15) is 0 Å². The smallest absolute Gasteiger partial charge is 0.363 e. The van der Waals surface area contributed by atoms with Crippen molar-refractivity contribution in [3.05, 3.63) is 51.3 Å². The van der Waals surface area contributed by atoms with Crippen molar-refractivity contribution >= 4 is 29.3 Å². The summed E-state index contributed by atoms with van der Waals surface area (Å²) in [6, 6.07) is 9.27. The van der Waals surface area contributed by atoms with Crippen molar-refractivity contribution in [3.63, 3.8) is 0 Å². The monoisotopic (exact) mass is 313 g/mol. The predicted molar refractivity (Wildman–Crippen MR) is 82.2 cm³/mol. The Bertz CT molecular complexity index is 834. The molecule has 2 aromatic rings. The van der Waals surface area contributed by atoms with Crippen LogP contribution in [0.5, 0.6) is 11.5 Å². The summed E-state index contributed by atoms with van der Waals surface area (Å²) < 4.78 is 15.8. The van der Waals surface area contributed by atoms with E-state index in [1.807, 2.05) is 19.1 Å². The van der Waals surface area contributed by atoms with E-state index >= 15 is 0 Å². The second kappa shape index (κ2) is 4.99. The van der Waals surface area contributed by atoms with Gasteiger partial charge in [-0.05, 0) is 43.3 Å². The number of carbonyl (C=O) groups is 1. The number of benzene rings is 1. The van der Waals surface area contributed by atoms with E-state index in [4.69, 9.17) is 14.2 Å². The van der Waals surface area contributed by atoms with Crippen LogP contribution in [-0.4, -0.2) is 18.7 Å². The fraction of sp³-hybridized carbons (Fsp3) is 0.125. The van der Waals surface area contributed by atoms with Gasteiger partial charge >= 0.3 is 5.97 Å². The van der Waals surface area contributed by atoms with Crippen molar-refractivity contribution in [2.75, 3.05) is 6.79 Å². The van der Waals surface area contributed by atoms with Gasteiger partial charge in [0, 0.05) is 15.3 Å². The Morgan fingerprint density at radius 2 is 2.05 bits per heavy atom. The summed E-state index contributed by atoms with van der Waals surface area (Å²) in [5, 5.41) is 0. The Morgan fingerprint density at radius 3 is 2.86 bits per heavy atom. The van der Waals surface area contributed by atoms with Crippen LogP contribution in [0.2, 0.25) is 0 Å². The van der Waals surface area contributed by atoms with Crippen molar-refractivity contribution in [3.8, 4) is 11.5 Å². The molecule has 5 nitrogen and oxygen atoms in total. The maximum Gasteiger partial charge on any atom is 0.363 e. The molecule has 0 saturated heterocycles. The Kier molecular flexibility index (Phi) is 2.97. The number of fused-ring (bicyclic) bond motifs is 1. The third-order valence-corrected chi connectivity index (χ3v) is 4.23. The quantitative estimate of drug-likeness (QED) is 0.631. The molecule has 0 fully saturated rings. The second-order valence-electron chi connectivity index (χ2n) is 4.85. The molecule has 2 aliphatic heterocycles. The molecule has 0 N–H and O–H groups in total. The van der Waals surface area contributed by atoms with Crippen molar-refractivity contribution in [2.24, 2.45) is 4.99 Å². The average Bonchev–Trinajstić information content (AvgIpc) is 3.20. The van der Waals surface area contributed by atoms with E-state index < -0.39 is 5.97 Å². The van der Waals surface area contributed by atoms with E-state index in [0.29, 0.717) is 22.8 Å². The minimum Gasteiger partial charge on any atom is -0.454 e. The maximum absolute atomic E-state index is 11.9. The molecule has 0 radical (unpaired) electrons. The molecule has 0 saturated carbocycles. The van der Waals surface area contributed by atoms with Gasteiger partial charge in [0.05, 0.1) is 0 Å². The van der Waals surface area contributed by atoms with Gasteiger partial charge in [-0.15, -0.1) is 11.3 Å². The number of rotatable bonds is 2. The first kappa shape index (κ1) is 13.1. The van der Waals surface area contributed by atoms with Gasteiger partial charge in [0.15, 0.2) is 17.2 Å². The molecule has 0 aliphatic carbocycles. The Balaban J connectivity index is 1.67. The zero-order chi connectivity index (χ0) is 15.1. The largest absolute Gasteiger partial charge is 0.454 e. The molecule has 0 bridgehead atoms. The standard InChI is InChI=1S/C16H11NO4S/c1-9-2-4-11(22-9)7-12-16(18)21-15(17-12)10-3-5-13-14(6-10)20-8-19-13/h2-7H,8H2,1H3/b12-7-. The third-order valence-electron chi connectivity index (χ3n) is 3.28. The van der Waals surface area contributed by atoms with E-state index in [1.165, 1.54) is 4.88 Å². The molecule has 2 aliphatic rings. The first-order valence-electron chi connectivity index (χ1n) is 6.68. The number of esters is 1. The van der Waals surface area contributed by atoms with Gasteiger partial charge in [0.1, 0.15) is 0 Å². The molecule has 4 rings (SSSR count). The van der Waals surface area contributed by atoms with E-state index in [9.17, 15) is 4.79 Å². The van der Waals surface area contributed by atoms with Gasteiger partial charge in [0.2, 0.25) is 12.7 Å². The highest BCUT2D eigenvalue weighted by Gasteiger charge is 2.26. The summed E-state index contributed by atoms with van der Waals surface area (Å²) in [5.74, 6) is 1.14. The van der Waals surface area contributed by atoms with E-state index in [0.717, 1.165) is 4.88 Å². The van der Waals surface area contributed by atoms with Crippen LogP contribution < -0.4 is 9.47 Å². The average molecular weight is 313 g/mol. The number of carbonyl (C=O) groups excluding carboxylic acids is 1. The van der Waals surface area contributed by atoms with Gasteiger partial charge in [-0.3, -0.25) is 0 Å². The number of nitrogens with zero attached hydrogens (tertiary/aromatic N) is 1. The number of hydrogen-bond donors (Lipinski definition) is 0. The van der Waals surface area contributed by atoms with Crippen LogP contribution in [0.1, 0.15) is 15.3 Å². The number of aliphatic imine (C=N–C) groups is 1. The third kappa shape index (κ3) is 2.27. The van der Waals surface area contributed by atoms with Crippen molar-refractivity contribution in [1.82, 2.24) is 0 Å². The first-order valence-corrected chi connectivity index (χ1v) is 7.50. The second-order valence-corrected chi connectivity index (χ2v) is 6.17. The molecule has 6 heteroatoms. The van der Waals surface area contributed by atoms with E-state index in [1.54, 1.807) is 35.6 Å². The summed E-state index contributed by atoms with van der Waals surface area (Å²) in [7, 11) is 0. The molecule has 0 unspecified atom stereocenters. The van der Waals surface area contributed by atoms with E-state index in [2.05, 4.69) is 4.99 Å². The molecule has 1 aromatic carbocycles. The number of thiophene rings is 1. The lowest BCUT2D eigenvalue weighted by Crippen LogP contribution is -2.05. The fourth-order valence-corrected chi connectivity index (χ4v) is 3.04. The highest BCUT2D eigenvalue weighted by atomic mass is 32.1. The lowest BCUT2D eigenvalue weighted by molar-refractivity contribution is -0.129. The SMILES string of the molecule is Cc1ccc(/C=C2\N=C(c3ccc4c(c3)OCO4)OC2=O)s1. The van der Waals surface area contributed by atoms with Crippen molar-refractivity contribution in [1.29, 1.82) is 0 Å². The highest BCUT2D eigenvalue weighted by Crippen LogP contribution is 2.33. The predicted octanol–water partition coefficient (Wildman–Crippen LogP) is 3.13. The van der Waals surface area contributed by atoms with Gasteiger partial charge in [0.25, 0.3) is 0 Å². The lowest BCUT2D eigenvalue weighted by atomic mass is 10.2. The minimum atomic E-state index is -0.446. The molecule has 3 heterocycles. The molecule has 1 aromatic heterocycles. The van der Waals surface area contributed by atoms with Crippen LogP contribution >= 0.6 is 11.3 Å². The Morgan fingerprint density at radius 1 is 1.18 bits per heavy atom. The Hall–Kier alpha value is -2.60. The van der Waals surface area contributed by atoms with Crippen LogP contribution in [-0.2, 0) is 9.53 Å². The van der Waals surface area contributed by atoms with Crippen LogP contribution in [0.4, 0.5) is 0 Å². The van der Waals surface area contributed by atoms with Crippen LogP contribution in [0.25, 0.3) is 6.08 Å². The molecule has 0 amide bonds. The zero-order valence-electron chi connectivity index (χ0n) is 11.7. The van der Waals surface area contributed by atoms with Gasteiger partial charge in [-0.25, -0.2) is 9.79 Å². The van der Waals surface area contributed by atoms with Crippen LogP contribution in [0, 0.1) is 6.92 Å². The fourth-order valence-electron chi connectivity index (χ4n) is 2.23. The summed E-state index contributed by atoms with van der Waals surface area (Å²) in [6.45, 7) is 2.22. The van der Waals surface area contributed by atoms with Crippen LogP contribution in [0.3, 0.4) is 0 Å². The molecule has 22 heavy (non-hydrogen) atoms. The van der Waals surface area contributed by atoms with E-state index in [-0.39, 0.29) is 12.7 Å². The minimum absolute atomic E-state index is 0.202. The Labute approximate surface area is 130 Å². The summed E-state index contributed by atoms with van der Waals surface area (Å²) in [4.78, 5) is 18.4. The summed E-state index contributed by atoms with van der Waals surface area (Å²) in [5.41, 5.74) is 0.984. The maximum atomic E-state index is 11.9. The van der Waals surface area contributed by atoms with Crippen molar-refractivity contribution in [2.45, 2.75) is 6.92 Å². The van der Waals surface area contributed by atoms with Crippen molar-refractivity contribution < 1.29 is 19.0 Å². The van der Waals surface area contributed by atoms with Gasteiger partial charge in [-0.1, -0.05) is 0 Å². The normalized spacial score (nSPS) is 17.8. The molecule has 110 valence electrons. The topological polar surface area (TPSA) is 57.1 Å². The number of ether oxygens (including phenoxy) is 3. The number of aryl methyl sites for hydroxylation is 1. The number of cyclic esters (lactones) is 1. The van der Waals surface area contributed by atoms with Gasteiger partial charge < -0.3 is 14.2 Å². The lowest BCUT2D eigenvalue weighted by Gasteiger charge is -2.01. The zero-order valence-corrected chi connectivity index (χ0v) is 12.5. The summed E-state index contributed by atoms with van der Waals surface area (Å²) >= 11 is 1.60. The molecular formula is C16H11NO4S. The number of hydrogen-bond acceptors (Lipinski definition) is 6. The van der Waals surface area contributed by atoms with Crippen LogP contribution in [0.15, 0.2) is 41.0 Å².